The summed E-state index contributed by atoms with van der Waals surface area (Å²) >= 11 is 2.42. The van der Waals surface area contributed by atoms with E-state index in [0.29, 0.717) is 0 Å². The summed E-state index contributed by atoms with van der Waals surface area (Å²) in [4.78, 5) is 0. The fourth-order valence-electron chi connectivity index (χ4n) is 0. The standard InChI is InChI=1S/3Ag.ClH/h;;;1H/q;;+1;/p-1. The predicted molar refractivity (Wildman–Crippen MR) is 5.85 cm³/mol. The van der Waals surface area contributed by atoms with Crippen molar-refractivity contribution in [3.05, 3.63) is 0 Å². The van der Waals surface area contributed by atoms with Gasteiger partial charge in [-0.1, -0.05) is 0 Å². The van der Waals surface area contributed by atoms with Gasteiger partial charge in [-0.15, -0.1) is 0 Å². The average molecular weight is 359 g/mol. The van der Waals surface area contributed by atoms with E-state index in [1.165, 1.54) is 0 Å². The van der Waals surface area contributed by atoms with Crippen LogP contribution < -0.4 is 0 Å². The van der Waals surface area contributed by atoms with Crippen molar-refractivity contribution in [2.75, 3.05) is 0 Å². The Bertz CT molecular complexity index is 3.25. The first-order valence-corrected chi connectivity index (χ1v) is 2.02. The molecule has 40 valence electrons. The molecule has 0 saturated heterocycles. The zero-order valence-corrected chi connectivity index (χ0v) is 6.49. The molecule has 0 unspecified atom stereocenters. The van der Waals surface area contributed by atoms with Gasteiger partial charge in [-0.25, -0.2) is 0 Å². The number of rotatable bonds is 0. The molecule has 0 aliphatic carbocycles. The molecule has 0 nitrogen and oxygen atoms in total. The summed E-state index contributed by atoms with van der Waals surface area (Å²) < 4.78 is 0. The minimum atomic E-state index is 0. The molecule has 0 aliphatic heterocycles. The summed E-state index contributed by atoms with van der Waals surface area (Å²) in [7, 11) is 4.45. The van der Waals surface area contributed by atoms with Crippen LogP contribution in [0.4, 0.5) is 0 Å². The second-order valence-electron chi connectivity index (χ2n) is 0. The van der Waals surface area contributed by atoms with Crippen LogP contribution in [-0.4, -0.2) is 0 Å². The van der Waals surface area contributed by atoms with E-state index in [0.717, 1.165) is 0 Å². The first-order chi connectivity index (χ1) is 1.00. The van der Waals surface area contributed by atoms with Gasteiger partial charge in [0.1, 0.15) is 0 Å². The van der Waals surface area contributed by atoms with Crippen molar-refractivity contribution in [3.63, 3.8) is 0 Å². The SMILES string of the molecule is [Ag].[Ag].[Cl][Ag]. The molecule has 0 rings (SSSR count). The normalized spacial score (nSPS) is 1.75. The summed E-state index contributed by atoms with van der Waals surface area (Å²) in [5.41, 5.74) is 0. The molecule has 0 aromatic rings. The molecule has 0 fully saturated rings. The Labute approximate surface area is 72.8 Å². The molecule has 0 bridgehead atoms. The summed E-state index contributed by atoms with van der Waals surface area (Å²) in [5.74, 6) is 0. The molecule has 0 heterocycles. The van der Waals surface area contributed by atoms with Gasteiger partial charge in [-0.3, -0.25) is 0 Å². The molecule has 0 spiro atoms. The van der Waals surface area contributed by atoms with E-state index in [2.05, 4.69) is 29.2 Å². The molecule has 0 aromatic heterocycles. The molecule has 4 heteroatoms. The van der Waals surface area contributed by atoms with Crippen molar-refractivity contribution in [1.82, 2.24) is 0 Å². The Balaban J connectivity index is -0.00000000500. The molecule has 0 aromatic carbocycles. The third-order valence-corrected chi connectivity index (χ3v) is 0. The van der Waals surface area contributed by atoms with Crippen molar-refractivity contribution in [1.29, 1.82) is 0 Å². The summed E-state index contributed by atoms with van der Waals surface area (Å²) in [6.07, 6.45) is 0. The Hall–Kier alpha value is 2.51. The van der Waals surface area contributed by atoms with Gasteiger partial charge >= 0.3 is 29.2 Å². The minimum absolute atomic E-state index is 0. The van der Waals surface area contributed by atoms with Gasteiger partial charge in [0, 0.05) is 44.8 Å². The number of halogens is 1. The van der Waals surface area contributed by atoms with E-state index in [-0.39, 0.29) is 44.8 Å². The van der Waals surface area contributed by atoms with Crippen LogP contribution >= 0.6 is 9.19 Å². The zero-order valence-electron chi connectivity index (χ0n) is 1.28. The van der Waals surface area contributed by atoms with Gasteiger partial charge < -0.3 is 0 Å². The van der Waals surface area contributed by atoms with Crippen molar-refractivity contribution in [3.8, 4) is 0 Å². The quantitative estimate of drug-likeness (QED) is 0.559. The Morgan fingerprint density at radius 3 is 1.00 bits per heavy atom. The number of hydrogen-bond donors (Lipinski definition) is 0. The third kappa shape index (κ3) is 8.82. The molecule has 4 heavy (non-hydrogen) atoms. The van der Waals surface area contributed by atoms with Gasteiger partial charge in [0.15, 0.2) is 0 Å². The van der Waals surface area contributed by atoms with Gasteiger partial charge in [0.2, 0.25) is 0 Å². The second-order valence-corrected chi connectivity index (χ2v) is 0. The van der Waals surface area contributed by atoms with E-state index in [1.54, 1.807) is 0 Å². The first kappa shape index (κ1) is 16.0. The van der Waals surface area contributed by atoms with E-state index in [4.69, 9.17) is 0 Å². The van der Waals surface area contributed by atoms with E-state index in [1.807, 2.05) is 0 Å². The van der Waals surface area contributed by atoms with Crippen LogP contribution in [0.3, 0.4) is 0 Å². The molecule has 0 N–H and O–H groups in total. The van der Waals surface area contributed by atoms with Gasteiger partial charge in [0.25, 0.3) is 0 Å². The Morgan fingerprint density at radius 1 is 1.00 bits per heavy atom. The van der Waals surface area contributed by atoms with E-state index >= 15 is 0 Å². The monoisotopic (exact) mass is 356 g/mol. The van der Waals surface area contributed by atoms with Crippen LogP contribution in [-0.2, 0) is 64.7 Å². The third-order valence-electron chi connectivity index (χ3n) is 0. The van der Waals surface area contributed by atoms with Gasteiger partial charge in [-0.2, -0.15) is 0 Å². The van der Waals surface area contributed by atoms with Crippen molar-refractivity contribution in [2.24, 2.45) is 0 Å². The van der Waals surface area contributed by atoms with Crippen LogP contribution in [0, 0.1) is 0 Å². The fourth-order valence-corrected chi connectivity index (χ4v) is 0. The molecule has 0 aliphatic rings. The molecule has 0 amide bonds. The van der Waals surface area contributed by atoms with Crippen LogP contribution in [0.15, 0.2) is 0 Å². The summed E-state index contributed by atoms with van der Waals surface area (Å²) in [5, 5.41) is 0. The summed E-state index contributed by atoms with van der Waals surface area (Å²) in [6, 6.07) is 0. The van der Waals surface area contributed by atoms with E-state index in [9.17, 15) is 0 Å². The van der Waals surface area contributed by atoms with Crippen molar-refractivity contribution in [2.45, 2.75) is 0 Å². The van der Waals surface area contributed by atoms with Crippen LogP contribution in [0.1, 0.15) is 0 Å². The molecule has 2 radical (unpaired) electrons. The van der Waals surface area contributed by atoms with Crippen molar-refractivity contribution >= 4 is 9.19 Å². The maximum absolute atomic E-state index is 4.45. The molecule has 0 atom stereocenters. The van der Waals surface area contributed by atoms with Crippen LogP contribution in [0.2, 0.25) is 0 Å². The van der Waals surface area contributed by atoms with Crippen LogP contribution in [0.25, 0.3) is 0 Å². The Morgan fingerprint density at radius 2 is 1.00 bits per heavy atom. The van der Waals surface area contributed by atoms with Gasteiger partial charge in [-0.05, 0) is 0 Å². The maximum atomic E-state index is 4.45. The number of hydrogen-bond acceptors (Lipinski definition) is 0. The fraction of sp³-hybridized carbons (Fsp3) is 0. The first-order valence-electron chi connectivity index (χ1n) is 0.114. The second kappa shape index (κ2) is 17.8. The predicted octanol–water partition coefficient (Wildman–Crippen LogP) is 0.682. The zero-order chi connectivity index (χ0) is 2.00. The van der Waals surface area contributed by atoms with Crippen LogP contribution in [0.5, 0.6) is 0 Å². The summed E-state index contributed by atoms with van der Waals surface area (Å²) in [6.45, 7) is 0. The average Bonchev–Trinajstić information content (AvgIpc) is 1.00. The topological polar surface area (TPSA) is 0 Å². The van der Waals surface area contributed by atoms with E-state index < -0.39 is 0 Å². The molecular weight excluding hydrogens is 359 g/mol. The molecule has 0 saturated carbocycles. The Kier molecular flexibility index (Phi) is 71.3. The van der Waals surface area contributed by atoms with Crippen molar-refractivity contribution < 1.29 is 64.7 Å². The van der Waals surface area contributed by atoms with Gasteiger partial charge in [0.05, 0.1) is 0 Å². The molecular formula is Ag3Cl.